The van der Waals surface area contributed by atoms with Crippen molar-refractivity contribution in [2.75, 3.05) is 5.32 Å². The number of hydrogen-bond donors (Lipinski definition) is 2. The lowest BCUT2D eigenvalue weighted by molar-refractivity contribution is 0.252. The van der Waals surface area contributed by atoms with Crippen molar-refractivity contribution in [2.45, 2.75) is 0 Å². The Morgan fingerprint density at radius 3 is 2.79 bits per heavy atom. The van der Waals surface area contributed by atoms with Gasteiger partial charge in [-0.15, -0.1) is 11.3 Å². The number of rotatable bonds is 4. The first-order valence-electron chi connectivity index (χ1n) is 7.07. The van der Waals surface area contributed by atoms with Crippen molar-refractivity contribution in [3.05, 3.63) is 70.1 Å². The number of carbonyl (C=O) groups excluding carboxylic acids is 1. The predicted octanol–water partition coefficient (Wildman–Crippen LogP) is 4.73. The van der Waals surface area contributed by atoms with Gasteiger partial charge >= 0.3 is 6.03 Å². The molecule has 0 unspecified atom stereocenters. The molecule has 3 aromatic rings. The van der Waals surface area contributed by atoms with Crippen LogP contribution in [0.3, 0.4) is 0 Å². The number of anilines is 1. The van der Waals surface area contributed by atoms with E-state index in [9.17, 15) is 4.79 Å². The highest BCUT2D eigenvalue weighted by Gasteiger charge is 2.04. The summed E-state index contributed by atoms with van der Waals surface area (Å²) in [5, 5.41) is 9.37. The molecule has 0 radical (unpaired) electrons. The number of nitrogens with one attached hydrogen (secondary N) is 2. The summed E-state index contributed by atoms with van der Waals surface area (Å²) >= 11 is 4.97. The molecule has 0 saturated carbocycles. The molecule has 0 fully saturated rings. The lowest BCUT2D eigenvalue weighted by Gasteiger charge is -2.02. The van der Waals surface area contributed by atoms with Gasteiger partial charge in [-0.3, -0.25) is 0 Å². The highest BCUT2D eigenvalue weighted by atomic mass is 79.9. The number of thiazole rings is 1. The second kappa shape index (κ2) is 7.85. The van der Waals surface area contributed by atoms with Gasteiger partial charge in [0.1, 0.15) is 5.01 Å². The third kappa shape index (κ3) is 4.50. The molecule has 0 atom stereocenters. The van der Waals surface area contributed by atoms with Gasteiger partial charge < -0.3 is 5.32 Å². The average Bonchev–Trinajstić information content (AvgIpc) is 3.05. The number of hydrogen-bond acceptors (Lipinski definition) is 4. The molecule has 0 saturated heterocycles. The van der Waals surface area contributed by atoms with Crippen LogP contribution in [-0.2, 0) is 0 Å². The molecule has 0 spiro atoms. The topological polar surface area (TPSA) is 66.4 Å². The average molecular weight is 401 g/mol. The highest BCUT2D eigenvalue weighted by molar-refractivity contribution is 9.10. The number of amides is 2. The maximum absolute atomic E-state index is 11.7. The van der Waals surface area contributed by atoms with Crippen molar-refractivity contribution in [2.24, 2.45) is 5.10 Å². The lowest BCUT2D eigenvalue weighted by Crippen LogP contribution is -2.24. The zero-order valence-electron chi connectivity index (χ0n) is 12.4. The van der Waals surface area contributed by atoms with E-state index in [0.29, 0.717) is 11.4 Å². The van der Waals surface area contributed by atoms with Crippen molar-refractivity contribution in [1.82, 2.24) is 10.4 Å². The fraction of sp³-hybridized carbons (Fsp3) is 0. The number of halogens is 1. The van der Waals surface area contributed by atoms with E-state index in [1.54, 1.807) is 12.1 Å². The smallest absolute Gasteiger partial charge is 0.307 e. The quantitative estimate of drug-likeness (QED) is 0.490. The Kier molecular flexibility index (Phi) is 5.35. The van der Waals surface area contributed by atoms with E-state index in [1.807, 2.05) is 47.8 Å². The summed E-state index contributed by atoms with van der Waals surface area (Å²) < 4.78 is 1.00. The van der Waals surface area contributed by atoms with Crippen molar-refractivity contribution in [3.8, 4) is 10.6 Å². The summed E-state index contributed by atoms with van der Waals surface area (Å²) in [4.78, 5) is 16.2. The van der Waals surface area contributed by atoms with Gasteiger partial charge in [0.2, 0.25) is 0 Å². The van der Waals surface area contributed by atoms with Gasteiger partial charge in [-0.1, -0.05) is 46.3 Å². The van der Waals surface area contributed by atoms with Crippen molar-refractivity contribution < 1.29 is 4.79 Å². The Hall–Kier alpha value is -2.51. The van der Waals surface area contributed by atoms with Gasteiger partial charge in [-0.05, 0) is 24.3 Å². The maximum Gasteiger partial charge on any atom is 0.339 e. The molecule has 0 aliphatic carbocycles. The molecular weight excluding hydrogens is 388 g/mol. The summed E-state index contributed by atoms with van der Waals surface area (Å²) in [6.07, 6.45) is 1.52. The van der Waals surface area contributed by atoms with Crippen molar-refractivity contribution in [1.29, 1.82) is 0 Å². The van der Waals surface area contributed by atoms with Crippen molar-refractivity contribution in [3.63, 3.8) is 0 Å². The molecule has 120 valence electrons. The van der Waals surface area contributed by atoms with Gasteiger partial charge in [0.05, 0.1) is 11.9 Å². The van der Waals surface area contributed by atoms with E-state index in [1.165, 1.54) is 17.6 Å². The first-order valence-corrected chi connectivity index (χ1v) is 8.74. The van der Waals surface area contributed by atoms with Crippen LogP contribution in [0.5, 0.6) is 0 Å². The van der Waals surface area contributed by atoms with E-state index in [4.69, 9.17) is 0 Å². The number of aromatic nitrogens is 1. The molecule has 2 amide bonds. The number of urea groups is 1. The fourth-order valence-corrected chi connectivity index (χ4v) is 3.10. The van der Waals surface area contributed by atoms with E-state index in [2.05, 4.69) is 36.8 Å². The van der Waals surface area contributed by atoms with Crippen LogP contribution in [-0.4, -0.2) is 17.2 Å². The summed E-state index contributed by atoms with van der Waals surface area (Å²) in [5.74, 6) is 0. The molecule has 0 aliphatic heterocycles. The molecule has 5 nitrogen and oxygen atoms in total. The molecule has 2 N–H and O–H groups in total. The number of para-hydroxylation sites is 1. The molecule has 0 bridgehead atoms. The van der Waals surface area contributed by atoms with E-state index in [0.717, 1.165) is 15.0 Å². The van der Waals surface area contributed by atoms with E-state index < -0.39 is 6.03 Å². The van der Waals surface area contributed by atoms with Crippen LogP contribution in [0.1, 0.15) is 5.69 Å². The Balaban J connectivity index is 1.58. The summed E-state index contributed by atoms with van der Waals surface area (Å²) in [5.41, 5.74) is 4.84. The van der Waals surface area contributed by atoms with E-state index in [-0.39, 0.29) is 0 Å². The summed E-state index contributed by atoms with van der Waals surface area (Å²) in [7, 11) is 0. The number of benzene rings is 2. The van der Waals surface area contributed by atoms with E-state index >= 15 is 0 Å². The molecule has 24 heavy (non-hydrogen) atoms. The molecule has 2 aromatic carbocycles. The normalized spacial score (nSPS) is 10.7. The number of hydrazone groups is 1. The Morgan fingerprint density at radius 1 is 1.17 bits per heavy atom. The maximum atomic E-state index is 11.7. The van der Waals surface area contributed by atoms with Gasteiger partial charge in [-0.2, -0.15) is 5.10 Å². The minimum Gasteiger partial charge on any atom is -0.307 e. The zero-order chi connectivity index (χ0) is 16.8. The van der Waals surface area contributed by atoms with Crippen LogP contribution in [0.4, 0.5) is 10.5 Å². The summed E-state index contributed by atoms with van der Waals surface area (Å²) in [6, 6.07) is 16.7. The van der Waals surface area contributed by atoms with Crippen LogP contribution in [0.15, 0.2) is 69.6 Å². The standard InChI is InChI=1S/C17H13BrN4OS/c18-13-6-4-5-12(9-13)16-20-15(11-24-16)10-19-22-17(23)21-14-7-2-1-3-8-14/h1-11H,(H2,21,22,23)/b19-10-. The lowest BCUT2D eigenvalue weighted by atomic mass is 10.2. The second-order valence-electron chi connectivity index (χ2n) is 4.78. The van der Waals surface area contributed by atoms with Gasteiger partial charge in [0.25, 0.3) is 0 Å². The van der Waals surface area contributed by atoms with Gasteiger partial charge in [-0.25, -0.2) is 15.2 Å². The highest BCUT2D eigenvalue weighted by Crippen LogP contribution is 2.25. The Bertz CT molecular complexity index is 864. The molecule has 1 aromatic heterocycles. The van der Waals surface area contributed by atoms with Gasteiger partial charge in [0.15, 0.2) is 0 Å². The monoisotopic (exact) mass is 400 g/mol. The van der Waals surface area contributed by atoms with Gasteiger partial charge in [0, 0.05) is 21.1 Å². The number of carbonyl (C=O) groups is 1. The van der Waals surface area contributed by atoms with Crippen LogP contribution in [0, 0.1) is 0 Å². The SMILES string of the molecule is O=C(N/N=C\c1csc(-c2cccc(Br)c2)n1)Nc1ccccc1. The molecule has 3 rings (SSSR count). The van der Waals surface area contributed by atoms with Crippen LogP contribution in [0.2, 0.25) is 0 Å². The third-order valence-corrected chi connectivity index (χ3v) is 4.39. The van der Waals surface area contributed by atoms with Crippen LogP contribution < -0.4 is 10.7 Å². The minimum atomic E-state index is -0.403. The van der Waals surface area contributed by atoms with Crippen molar-refractivity contribution >= 4 is 45.2 Å². The first kappa shape index (κ1) is 16.4. The molecular formula is C17H13BrN4OS. The Labute approximate surface area is 151 Å². The molecule has 7 heteroatoms. The molecule has 0 aliphatic rings. The fourth-order valence-electron chi connectivity index (χ4n) is 1.94. The Morgan fingerprint density at radius 2 is 2.00 bits per heavy atom. The van der Waals surface area contributed by atoms with Crippen LogP contribution >= 0.6 is 27.3 Å². The summed E-state index contributed by atoms with van der Waals surface area (Å²) in [6.45, 7) is 0. The molecule has 1 heterocycles. The predicted molar refractivity (Wildman–Crippen MR) is 101 cm³/mol. The zero-order valence-corrected chi connectivity index (χ0v) is 14.8. The number of nitrogens with zero attached hydrogens (tertiary/aromatic N) is 2. The first-order chi connectivity index (χ1) is 11.7. The second-order valence-corrected chi connectivity index (χ2v) is 6.55. The van der Waals surface area contributed by atoms with Crippen LogP contribution in [0.25, 0.3) is 10.6 Å². The largest absolute Gasteiger partial charge is 0.339 e. The minimum absolute atomic E-state index is 0.403. The third-order valence-electron chi connectivity index (χ3n) is 2.99.